The van der Waals surface area contributed by atoms with E-state index in [1.54, 1.807) is 0 Å². The molecule has 1 rings (SSSR count). The molecule has 0 aliphatic carbocycles. The van der Waals surface area contributed by atoms with Gasteiger partial charge in [-0.25, -0.2) is 0 Å². The highest BCUT2D eigenvalue weighted by molar-refractivity contribution is 6.21. The van der Waals surface area contributed by atoms with Gasteiger partial charge in [0.15, 0.2) is 5.78 Å². The minimum atomic E-state index is -0.502. The van der Waals surface area contributed by atoms with E-state index in [0.29, 0.717) is 5.88 Å². The van der Waals surface area contributed by atoms with Gasteiger partial charge in [0.25, 0.3) is 0 Å². The number of ketones is 1. The second kappa shape index (κ2) is 6.24. The molecule has 2 nitrogen and oxygen atoms in total. The lowest BCUT2D eigenvalue weighted by Gasteiger charge is -2.22. The molecule has 0 heterocycles. The fourth-order valence-corrected chi connectivity index (χ4v) is 1.99. The van der Waals surface area contributed by atoms with Gasteiger partial charge in [0.1, 0.15) is 0 Å². The van der Waals surface area contributed by atoms with Crippen molar-refractivity contribution in [2.75, 3.05) is 23.9 Å². The van der Waals surface area contributed by atoms with Crippen LogP contribution in [-0.4, -0.2) is 24.8 Å². The van der Waals surface area contributed by atoms with Crippen LogP contribution in [0.5, 0.6) is 0 Å². The molecule has 0 saturated carbocycles. The fourth-order valence-electron chi connectivity index (χ4n) is 1.86. The van der Waals surface area contributed by atoms with Crippen molar-refractivity contribution in [2.45, 2.75) is 27.7 Å². The highest BCUT2D eigenvalue weighted by Crippen LogP contribution is 2.25. The minimum Gasteiger partial charge on any atom is -0.372 e. The first-order chi connectivity index (χ1) is 8.46. The van der Waals surface area contributed by atoms with Crippen molar-refractivity contribution in [1.82, 2.24) is 0 Å². The summed E-state index contributed by atoms with van der Waals surface area (Å²) in [5, 5.41) is 0. The van der Waals surface area contributed by atoms with E-state index in [0.717, 1.165) is 24.3 Å². The van der Waals surface area contributed by atoms with E-state index in [9.17, 15) is 4.79 Å². The molecule has 18 heavy (non-hydrogen) atoms. The molecule has 0 bridgehead atoms. The van der Waals surface area contributed by atoms with Crippen molar-refractivity contribution in [3.05, 3.63) is 29.8 Å². The highest BCUT2D eigenvalue weighted by Gasteiger charge is 2.27. The SMILES string of the molecule is CCN(CC)c1ccc(C(=O)C(C)(C)CCl)cc1. The lowest BCUT2D eigenvalue weighted by Crippen LogP contribution is -2.26. The molecule has 0 radical (unpaired) electrons. The summed E-state index contributed by atoms with van der Waals surface area (Å²) in [6.45, 7) is 9.94. The monoisotopic (exact) mass is 267 g/mol. The lowest BCUT2D eigenvalue weighted by atomic mass is 9.86. The van der Waals surface area contributed by atoms with Crippen LogP contribution in [0.3, 0.4) is 0 Å². The number of Topliss-reactive ketones (excluding diaryl/α,β-unsaturated/α-hetero) is 1. The Hall–Kier alpha value is -1.02. The summed E-state index contributed by atoms with van der Waals surface area (Å²) in [5.74, 6) is 0.437. The van der Waals surface area contributed by atoms with Gasteiger partial charge in [-0.05, 0) is 38.1 Å². The molecule has 0 amide bonds. The number of hydrogen-bond donors (Lipinski definition) is 0. The third kappa shape index (κ3) is 3.26. The molecule has 0 unspecified atom stereocenters. The molecule has 0 spiro atoms. The number of carbonyl (C=O) groups excluding carboxylic acids is 1. The van der Waals surface area contributed by atoms with Crippen LogP contribution in [0.2, 0.25) is 0 Å². The van der Waals surface area contributed by atoms with Crippen LogP contribution in [0.4, 0.5) is 5.69 Å². The molecule has 0 N–H and O–H groups in total. The van der Waals surface area contributed by atoms with Gasteiger partial charge in [-0.2, -0.15) is 0 Å². The van der Waals surface area contributed by atoms with Gasteiger partial charge in [0, 0.05) is 35.6 Å². The number of carbonyl (C=O) groups is 1. The predicted octanol–water partition coefficient (Wildman–Crippen LogP) is 3.98. The van der Waals surface area contributed by atoms with E-state index in [4.69, 9.17) is 11.6 Å². The molecule has 0 aliphatic heterocycles. The summed E-state index contributed by atoms with van der Waals surface area (Å²) in [5.41, 5.74) is 1.38. The summed E-state index contributed by atoms with van der Waals surface area (Å²) in [4.78, 5) is 14.5. The van der Waals surface area contributed by atoms with Crippen molar-refractivity contribution in [1.29, 1.82) is 0 Å². The Morgan fingerprint density at radius 2 is 1.67 bits per heavy atom. The van der Waals surface area contributed by atoms with E-state index in [1.165, 1.54) is 0 Å². The third-order valence-electron chi connectivity index (χ3n) is 3.21. The molecule has 1 aromatic rings. The summed E-state index contributed by atoms with van der Waals surface area (Å²) < 4.78 is 0. The molecule has 1 aromatic carbocycles. The van der Waals surface area contributed by atoms with Crippen LogP contribution in [0.1, 0.15) is 38.1 Å². The summed E-state index contributed by atoms with van der Waals surface area (Å²) >= 11 is 5.84. The summed E-state index contributed by atoms with van der Waals surface area (Å²) in [7, 11) is 0. The standard InChI is InChI=1S/C15H22ClNO/c1-5-17(6-2)13-9-7-12(8-10-13)14(18)15(3,4)11-16/h7-10H,5-6,11H2,1-4H3. The van der Waals surface area contributed by atoms with E-state index in [-0.39, 0.29) is 5.78 Å². The second-order valence-corrected chi connectivity index (χ2v) is 5.33. The lowest BCUT2D eigenvalue weighted by molar-refractivity contribution is 0.0862. The first-order valence-corrected chi connectivity index (χ1v) is 6.95. The number of anilines is 1. The Labute approximate surface area is 115 Å². The molecular formula is C15H22ClNO. The number of benzene rings is 1. The minimum absolute atomic E-state index is 0.101. The molecule has 0 saturated heterocycles. The number of rotatable bonds is 6. The zero-order valence-electron chi connectivity index (χ0n) is 11.7. The van der Waals surface area contributed by atoms with E-state index in [1.807, 2.05) is 38.1 Å². The highest BCUT2D eigenvalue weighted by atomic mass is 35.5. The zero-order chi connectivity index (χ0) is 13.8. The van der Waals surface area contributed by atoms with Gasteiger partial charge in [0.2, 0.25) is 0 Å². The van der Waals surface area contributed by atoms with Gasteiger partial charge >= 0.3 is 0 Å². The van der Waals surface area contributed by atoms with Crippen molar-refractivity contribution in [2.24, 2.45) is 5.41 Å². The zero-order valence-corrected chi connectivity index (χ0v) is 12.4. The summed E-state index contributed by atoms with van der Waals surface area (Å²) in [6.07, 6.45) is 0. The van der Waals surface area contributed by atoms with E-state index < -0.39 is 5.41 Å². The van der Waals surface area contributed by atoms with Crippen molar-refractivity contribution in [3.8, 4) is 0 Å². The van der Waals surface area contributed by atoms with Crippen LogP contribution in [-0.2, 0) is 0 Å². The number of alkyl halides is 1. The van der Waals surface area contributed by atoms with Crippen LogP contribution >= 0.6 is 11.6 Å². The molecule has 0 fully saturated rings. The Morgan fingerprint density at radius 3 is 2.06 bits per heavy atom. The van der Waals surface area contributed by atoms with Gasteiger partial charge in [-0.3, -0.25) is 4.79 Å². The van der Waals surface area contributed by atoms with Crippen molar-refractivity contribution in [3.63, 3.8) is 0 Å². The first kappa shape index (κ1) is 15.0. The maximum absolute atomic E-state index is 12.2. The second-order valence-electron chi connectivity index (χ2n) is 5.07. The van der Waals surface area contributed by atoms with Crippen LogP contribution < -0.4 is 4.90 Å². The molecular weight excluding hydrogens is 246 g/mol. The van der Waals surface area contributed by atoms with Crippen LogP contribution in [0, 0.1) is 5.41 Å². The van der Waals surface area contributed by atoms with Crippen LogP contribution in [0.25, 0.3) is 0 Å². The Kier molecular flexibility index (Phi) is 5.21. The number of hydrogen-bond acceptors (Lipinski definition) is 2. The Balaban J connectivity index is 2.93. The number of halogens is 1. The fraction of sp³-hybridized carbons (Fsp3) is 0.533. The quantitative estimate of drug-likeness (QED) is 0.574. The summed E-state index contributed by atoms with van der Waals surface area (Å²) in [6, 6.07) is 7.80. The maximum atomic E-state index is 12.2. The van der Waals surface area contributed by atoms with E-state index in [2.05, 4.69) is 18.7 Å². The molecule has 3 heteroatoms. The average Bonchev–Trinajstić information content (AvgIpc) is 2.40. The van der Waals surface area contributed by atoms with Crippen molar-refractivity contribution >= 4 is 23.1 Å². The average molecular weight is 268 g/mol. The van der Waals surface area contributed by atoms with Crippen LogP contribution in [0.15, 0.2) is 24.3 Å². The molecule has 0 aliphatic rings. The molecule has 100 valence electrons. The molecule has 0 aromatic heterocycles. The third-order valence-corrected chi connectivity index (χ3v) is 3.87. The van der Waals surface area contributed by atoms with Crippen molar-refractivity contribution < 1.29 is 4.79 Å². The Bertz CT molecular complexity index is 393. The van der Waals surface area contributed by atoms with Gasteiger partial charge in [0.05, 0.1) is 0 Å². The van der Waals surface area contributed by atoms with E-state index >= 15 is 0 Å². The first-order valence-electron chi connectivity index (χ1n) is 6.42. The molecule has 0 atom stereocenters. The van der Waals surface area contributed by atoms with Gasteiger partial charge in [-0.1, -0.05) is 13.8 Å². The Morgan fingerprint density at radius 1 is 1.17 bits per heavy atom. The predicted molar refractivity (Wildman–Crippen MR) is 78.8 cm³/mol. The van der Waals surface area contributed by atoms with Gasteiger partial charge in [-0.15, -0.1) is 11.6 Å². The normalized spacial score (nSPS) is 11.4. The maximum Gasteiger partial charge on any atom is 0.169 e. The number of nitrogens with zero attached hydrogens (tertiary/aromatic N) is 1. The largest absolute Gasteiger partial charge is 0.372 e. The van der Waals surface area contributed by atoms with Gasteiger partial charge < -0.3 is 4.90 Å². The smallest absolute Gasteiger partial charge is 0.169 e. The topological polar surface area (TPSA) is 20.3 Å².